The van der Waals surface area contributed by atoms with Gasteiger partial charge in [-0.05, 0) is 38.5 Å². The summed E-state index contributed by atoms with van der Waals surface area (Å²) in [7, 11) is -3.54. The molecule has 7 nitrogen and oxygen atoms in total. The lowest BCUT2D eigenvalue weighted by Gasteiger charge is -2.11. The molecule has 1 rings (SSSR count). The van der Waals surface area contributed by atoms with Crippen molar-refractivity contribution in [2.24, 2.45) is 0 Å². The van der Waals surface area contributed by atoms with Crippen molar-refractivity contribution in [3.8, 4) is 0 Å². The maximum absolute atomic E-state index is 11.8. The van der Waals surface area contributed by atoms with Gasteiger partial charge in [0.25, 0.3) is 0 Å². The summed E-state index contributed by atoms with van der Waals surface area (Å²) in [6.45, 7) is 5.21. The predicted octanol–water partition coefficient (Wildman–Crippen LogP) is 0.860. The molecule has 1 aromatic carbocycles. The van der Waals surface area contributed by atoms with Gasteiger partial charge in [0.1, 0.15) is 0 Å². The first-order valence-corrected chi connectivity index (χ1v) is 8.60. The topological polar surface area (TPSA) is 111 Å². The van der Waals surface area contributed by atoms with Gasteiger partial charge in [0, 0.05) is 11.4 Å². The van der Waals surface area contributed by atoms with Crippen LogP contribution in [0.3, 0.4) is 0 Å². The van der Waals surface area contributed by atoms with Crippen LogP contribution in [0.5, 0.6) is 0 Å². The van der Waals surface area contributed by atoms with Crippen LogP contribution in [0.15, 0.2) is 18.2 Å². The number of sulfonamides is 1. The van der Waals surface area contributed by atoms with Crippen molar-refractivity contribution in [2.45, 2.75) is 26.9 Å². The van der Waals surface area contributed by atoms with Crippen LogP contribution < -0.4 is 15.8 Å². The average molecular weight is 329 g/mol. The summed E-state index contributed by atoms with van der Waals surface area (Å²) in [4.78, 5) is 11.8. The molecule has 4 N–H and O–H groups in total. The van der Waals surface area contributed by atoms with E-state index in [1.807, 2.05) is 20.8 Å². The molecule has 8 heteroatoms. The molecule has 0 unspecified atom stereocenters. The maximum Gasteiger partial charge on any atom is 0.239 e. The fourth-order valence-electron chi connectivity index (χ4n) is 1.61. The van der Waals surface area contributed by atoms with Crippen LogP contribution in [0.2, 0.25) is 0 Å². The molecule has 0 fully saturated rings. The number of aryl methyl sites for hydroxylation is 1. The first kappa shape index (κ1) is 18.4. The normalized spacial score (nSPS) is 11.6. The number of anilines is 2. The van der Waals surface area contributed by atoms with Gasteiger partial charge in [0.05, 0.1) is 25.0 Å². The average Bonchev–Trinajstić information content (AvgIpc) is 2.40. The molecule has 0 radical (unpaired) electrons. The molecule has 0 atom stereocenters. The number of rotatable bonds is 8. The number of nitrogens with one attached hydrogen (secondary N) is 2. The Kier molecular flexibility index (Phi) is 6.79. The van der Waals surface area contributed by atoms with Crippen LogP contribution in [-0.4, -0.2) is 39.3 Å². The van der Waals surface area contributed by atoms with Crippen LogP contribution in [0.1, 0.15) is 19.4 Å². The van der Waals surface area contributed by atoms with Gasteiger partial charge < -0.3 is 15.8 Å². The summed E-state index contributed by atoms with van der Waals surface area (Å²) >= 11 is 0. The number of nitrogen functional groups attached to an aromatic ring is 1. The minimum Gasteiger partial charge on any atom is -0.399 e. The number of hydrogen-bond acceptors (Lipinski definition) is 5. The number of carbonyl (C=O) groups is 1. The van der Waals surface area contributed by atoms with E-state index in [1.165, 1.54) is 0 Å². The van der Waals surface area contributed by atoms with Gasteiger partial charge in [0.15, 0.2) is 0 Å². The van der Waals surface area contributed by atoms with E-state index in [-0.39, 0.29) is 25.0 Å². The second-order valence-corrected chi connectivity index (χ2v) is 7.11. The molecule has 0 saturated carbocycles. The number of amides is 1. The van der Waals surface area contributed by atoms with E-state index in [0.29, 0.717) is 11.4 Å². The molecule has 1 amide bonds. The molecular weight excluding hydrogens is 306 g/mol. The van der Waals surface area contributed by atoms with Crippen molar-refractivity contribution in [1.29, 1.82) is 0 Å². The lowest BCUT2D eigenvalue weighted by molar-refractivity contribution is -0.115. The largest absolute Gasteiger partial charge is 0.399 e. The number of nitrogens with two attached hydrogens (primary N) is 1. The summed E-state index contributed by atoms with van der Waals surface area (Å²) < 4.78 is 30.8. The van der Waals surface area contributed by atoms with Crippen LogP contribution in [0.4, 0.5) is 11.4 Å². The maximum atomic E-state index is 11.8. The Morgan fingerprint density at radius 2 is 2.05 bits per heavy atom. The first-order valence-electron chi connectivity index (χ1n) is 6.94. The van der Waals surface area contributed by atoms with Crippen LogP contribution in [0.25, 0.3) is 0 Å². The van der Waals surface area contributed by atoms with Crippen molar-refractivity contribution in [3.63, 3.8) is 0 Å². The van der Waals surface area contributed by atoms with Crippen molar-refractivity contribution in [3.05, 3.63) is 23.8 Å². The third-order valence-electron chi connectivity index (χ3n) is 2.79. The van der Waals surface area contributed by atoms with E-state index >= 15 is 0 Å². The molecule has 22 heavy (non-hydrogen) atoms. The lowest BCUT2D eigenvalue weighted by atomic mass is 10.2. The van der Waals surface area contributed by atoms with E-state index < -0.39 is 15.9 Å². The zero-order chi connectivity index (χ0) is 16.8. The Bertz CT molecular complexity index is 615. The second-order valence-electron chi connectivity index (χ2n) is 5.18. The Hall–Kier alpha value is -1.64. The summed E-state index contributed by atoms with van der Waals surface area (Å²) in [5.41, 5.74) is 7.58. The number of carbonyl (C=O) groups excluding carboxylic acids is 1. The summed E-state index contributed by atoms with van der Waals surface area (Å²) in [6, 6.07) is 5.12. The molecule has 1 aromatic rings. The van der Waals surface area contributed by atoms with Crippen LogP contribution in [0, 0.1) is 6.92 Å². The van der Waals surface area contributed by atoms with E-state index in [0.717, 1.165) is 5.56 Å². The molecule has 0 spiro atoms. The molecule has 0 aliphatic heterocycles. The van der Waals surface area contributed by atoms with Gasteiger partial charge in [-0.2, -0.15) is 0 Å². The molecule has 0 aromatic heterocycles. The molecular formula is C14H23N3O4S. The summed E-state index contributed by atoms with van der Waals surface area (Å²) in [6.07, 6.45) is -0.0370. The SMILES string of the molecule is Cc1ccc(N)cc1NC(=O)CNS(=O)(=O)CCOC(C)C. The van der Waals surface area contributed by atoms with Gasteiger partial charge in [-0.3, -0.25) is 4.79 Å². The number of hydrogen-bond donors (Lipinski definition) is 3. The van der Waals surface area contributed by atoms with E-state index in [2.05, 4.69) is 10.0 Å². The third kappa shape index (κ3) is 6.88. The minimum atomic E-state index is -3.54. The minimum absolute atomic E-state index is 0.0370. The smallest absolute Gasteiger partial charge is 0.239 e. The lowest BCUT2D eigenvalue weighted by Crippen LogP contribution is -2.35. The van der Waals surface area contributed by atoms with Gasteiger partial charge in [0.2, 0.25) is 15.9 Å². The predicted molar refractivity (Wildman–Crippen MR) is 87.1 cm³/mol. The van der Waals surface area contributed by atoms with Gasteiger partial charge in [-0.15, -0.1) is 0 Å². The Labute approximate surface area is 131 Å². The Morgan fingerprint density at radius 1 is 1.36 bits per heavy atom. The van der Waals surface area contributed by atoms with Crippen molar-refractivity contribution < 1.29 is 17.9 Å². The second kappa shape index (κ2) is 8.11. The molecule has 0 heterocycles. The quantitative estimate of drug-likeness (QED) is 0.613. The standard InChI is InChI=1S/C14H23N3O4S/c1-10(2)21-6-7-22(19,20)16-9-14(18)17-13-8-12(15)5-4-11(13)3/h4-5,8,10,16H,6-7,9,15H2,1-3H3,(H,17,18). The van der Waals surface area contributed by atoms with Crippen LogP contribution in [-0.2, 0) is 19.6 Å². The zero-order valence-corrected chi connectivity index (χ0v) is 13.9. The third-order valence-corrected chi connectivity index (χ3v) is 4.08. The highest BCUT2D eigenvalue weighted by Gasteiger charge is 2.13. The molecule has 0 aliphatic carbocycles. The Balaban J connectivity index is 2.47. The van der Waals surface area contributed by atoms with Crippen molar-refractivity contribution >= 4 is 27.3 Å². The first-order chi connectivity index (χ1) is 10.2. The molecule has 0 aliphatic rings. The van der Waals surface area contributed by atoms with Gasteiger partial charge in [-0.1, -0.05) is 6.07 Å². The molecule has 0 saturated heterocycles. The highest BCUT2D eigenvalue weighted by Crippen LogP contribution is 2.17. The number of ether oxygens (including phenoxy) is 1. The highest BCUT2D eigenvalue weighted by molar-refractivity contribution is 7.89. The zero-order valence-electron chi connectivity index (χ0n) is 13.0. The highest BCUT2D eigenvalue weighted by atomic mass is 32.2. The summed E-state index contributed by atoms with van der Waals surface area (Å²) in [5.74, 6) is -0.641. The van der Waals surface area contributed by atoms with E-state index in [1.54, 1.807) is 18.2 Å². The van der Waals surface area contributed by atoms with Gasteiger partial charge >= 0.3 is 0 Å². The Morgan fingerprint density at radius 3 is 2.68 bits per heavy atom. The van der Waals surface area contributed by atoms with E-state index in [4.69, 9.17) is 10.5 Å². The van der Waals surface area contributed by atoms with E-state index in [9.17, 15) is 13.2 Å². The van der Waals surface area contributed by atoms with Gasteiger partial charge in [-0.25, -0.2) is 13.1 Å². The number of benzene rings is 1. The van der Waals surface area contributed by atoms with Crippen molar-refractivity contribution in [1.82, 2.24) is 4.72 Å². The van der Waals surface area contributed by atoms with Crippen LogP contribution >= 0.6 is 0 Å². The molecule has 0 bridgehead atoms. The fourth-order valence-corrected chi connectivity index (χ4v) is 2.42. The monoisotopic (exact) mass is 329 g/mol. The summed E-state index contributed by atoms with van der Waals surface area (Å²) in [5, 5.41) is 2.62. The molecule has 124 valence electrons. The van der Waals surface area contributed by atoms with Crippen molar-refractivity contribution in [2.75, 3.05) is 30.0 Å². The fraction of sp³-hybridized carbons (Fsp3) is 0.500.